The van der Waals surface area contributed by atoms with Crippen molar-refractivity contribution in [3.05, 3.63) is 54.1 Å². The van der Waals surface area contributed by atoms with Crippen LogP contribution in [0.1, 0.15) is 18.9 Å². The summed E-state index contributed by atoms with van der Waals surface area (Å²) < 4.78 is 0. The van der Waals surface area contributed by atoms with Crippen LogP contribution in [0.4, 0.5) is 11.4 Å². The van der Waals surface area contributed by atoms with Gasteiger partial charge >= 0.3 is 0 Å². The first-order valence-corrected chi connectivity index (χ1v) is 10.1. The Balaban J connectivity index is 1.78. The van der Waals surface area contributed by atoms with Crippen molar-refractivity contribution in [3.8, 4) is 0 Å². The van der Waals surface area contributed by atoms with E-state index in [1.165, 1.54) is 0 Å². The molecule has 0 bridgehead atoms. The molecule has 1 unspecified atom stereocenters. The number of carbonyl (C=O) groups is 2. The van der Waals surface area contributed by atoms with E-state index < -0.39 is 0 Å². The maximum Gasteiger partial charge on any atom is 0.232 e. The summed E-state index contributed by atoms with van der Waals surface area (Å²) in [7, 11) is 0. The second-order valence-electron chi connectivity index (χ2n) is 6.47. The van der Waals surface area contributed by atoms with Crippen molar-refractivity contribution in [2.24, 2.45) is 5.92 Å². The summed E-state index contributed by atoms with van der Waals surface area (Å²) in [6.07, 6.45) is 2.29. The lowest BCUT2D eigenvalue weighted by Crippen LogP contribution is -2.37. The van der Waals surface area contributed by atoms with E-state index in [-0.39, 0.29) is 24.2 Å². The zero-order valence-corrected chi connectivity index (χ0v) is 16.3. The lowest BCUT2D eigenvalue weighted by molar-refractivity contribution is -0.124. The topological polar surface area (TPSA) is 40.6 Å². The van der Waals surface area contributed by atoms with E-state index in [9.17, 15) is 9.59 Å². The van der Waals surface area contributed by atoms with E-state index in [4.69, 9.17) is 0 Å². The first-order valence-electron chi connectivity index (χ1n) is 8.86. The summed E-state index contributed by atoms with van der Waals surface area (Å²) in [5, 5.41) is 0. The molecule has 1 heterocycles. The van der Waals surface area contributed by atoms with Gasteiger partial charge in [-0.05, 0) is 56.0 Å². The summed E-state index contributed by atoms with van der Waals surface area (Å²) in [5.41, 5.74) is 2.86. The van der Waals surface area contributed by atoms with Gasteiger partial charge in [-0.3, -0.25) is 9.59 Å². The molecule has 5 heteroatoms. The Morgan fingerprint density at radius 1 is 1.19 bits per heavy atom. The smallest absolute Gasteiger partial charge is 0.232 e. The fraction of sp³-hybridized carbons (Fsp3) is 0.333. The van der Waals surface area contributed by atoms with Crippen molar-refractivity contribution >= 4 is 35.0 Å². The molecule has 2 aromatic carbocycles. The minimum atomic E-state index is -0.303. The van der Waals surface area contributed by atoms with E-state index >= 15 is 0 Å². The van der Waals surface area contributed by atoms with Gasteiger partial charge in [-0.2, -0.15) is 0 Å². The third-order valence-corrected chi connectivity index (χ3v) is 5.59. The molecule has 2 amide bonds. The molecule has 0 N–H and O–H groups in total. The van der Waals surface area contributed by atoms with Crippen molar-refractivity contribution in [1.82, 2.24) is 0 Å². The fourth-order valence-electron chi connectivity index (χ4n) is 3.42. The Hall–Kier alpha value is -2.27. The zero-order chi connectivity index (χ0) is 18.7. The molecular formula is C21H24N2O2S. The highest BCUT2D eigenvalue weighted by atomic mass is 32.2. The minimum Gasteiger partial charge on any atom is -0.312 e. The maximum atomic E-state index is 13.1. The molecule has 0 saturated carbocycles. The Kier molecular flexibility index (Phi) is 5.67. The van der Waals surface area contributed by atoms with Crippen molar-refractivity contribution in [2.75, 3.05) is 29.1 Å². The predicted molar refractivity (Wildman–Crippen MR) is 108 cm³/mol. The standard InChI is InChI=1S/C21H24N2O2S/c1-4-22(19-8-6-5-7-15(19)2)21(25)16-13-20(24)23(14-16)17-9-11-18(26-3)12-10-17/h5-12,16H,4,13-14H2,1-3H3. The number of para-hydroxylation sites is 1. The third-order valence-electron chi connectivity index (χ3n) is 4.85. The number of carbonyl (C=O) groups excluding carboxylic acids is 2. The fourth-order valence-corrected chi connectivity index (χ4v) is 3.82. The van der Waals surface area contributed by atoms with Crippen LogP contribution in [0.25, 0.3) is 0 Å². The van der Waals surface area contributed by atoms with Crippen LogP contribution < -0.4 is 9.80 Å². The molecule has 0 radical (unpaired) electrons. The SMILES string of the molecule is CCN(C(=O)C1CC(=O)N(c2ccc(SC)cc2)C1)c1ccccc1C. The molecule has 3 rings (SSSR count). The molecule has 1 aliphatic heterocycles. The molecular weight excluding hydrogens is 344 g/mol. The van der Waals surface area contributed by atoms with E-state index in [0.29, 0.717) is 13.1 Å². The summed E-state index contributed by atoms with van der Waals surface area (Å²) in [6, 6.07) is 15.8. The first kappa shape index (κ1) is 18.5. The van der Waals surface area contributed by atoms with Crippen LogP contribution in [0.15, 0.2) is 53.4 Å². The van der Waals surface area contributed by atoms with Gasteiger partial charge in [0.05, 0.1) is 5.92 Å². The van der Waals surface area contributed by atoms with Gasteiger partial charge in [-0.25, -0.2) is 0 Å². The van der Waals surface area contributed by atoms with Crippen LogP contribution >= 0.6 is 11.8 Å². The molecule has 1 aliphatic rings. The summed E-state index contributed by atoms with van der Waals surface area (Å²) in [5.74, 6) is -0.262. The predicted octanol–water partition coefficient (Wildman–Crippen LogP) is 4.12. The Bertz CT molecular complexity index is 804. The number of thioether (sulfide) groups is 1. The molecule has 0 aliphatic carbocycles. The third kappa shape index (κ3) is 3.63. The molecule has 4 nitrogen and oxygen atoms in total. The van der Waals surface area contributed by atoms with Gasteiger partial charge in [0, 0.05) is 35.8 Å². The van der Waals surface area contributed by atoms with Gasteiger partial charge in [0.15, 0.2) is 0 Å². The lowest BCUT2D eigenvalue weighted by atomic mass is 10.1. The van der Waals surface area contributed by atoms with Gasteiger partial charge in [0.2, 0.25) is 11.8 Å². The van der Waals surface area contributed by atoms with Crippen LogP contribution in [-0.2, 0) is 9.59 Å². The van der Waals surface area contributed by atoms with Gasteiger partial charge < -0.3 is 9.80 Å². The van der Waals surface area contributed by atoms with Crippen molar-refractivity contribution in [1.29, 1.82) is 0 Å². The van der Waals surface area contributed by atoms with Crippen LogP contribution in [0.3, 0.4) is 0 Å². The highest BCUT2D eigenvalue weighted by Crippen LogP contribution is 2.30. The second-order valence-corrected chi connectivity index (χ2v) is 7.35. The molecule has 2 aromatic rings. The molecule has 0 spiro atoms. The average molecular weight is 369 g/mol. The Morgan fingerprint density at radius 2 is 1.88 bits per heavy atom. The molecule has 0 aromatic heterocycles. The van der Waals surface area contributed by atoms with Crippen LogP contribution in [0.2, 0.25) is 0 Å². The number of amides is 2. The number of rotatable bonds is 5. The molecule has 1 saturated heterocycles. The van der Waals surface area contributed by atoms with Gasteiger partial charge in [-0.15, -0.1) is 11.8 Å². The van der Waals surface area contributed by atoms with Gasteiger partial charge in [0.25, 0.3) is 0 Å². The highest BCUT2D eigenvalue weighted by molar-refractivity contribution is 7.98. The summed E-state index contributed by atoms with van der Waals surface area (Å²) >= 11 is 1.67. The molecule has 136 valence electrons. The van der Waals surface area contributed by atoms with Gasteiger partial charge in [-0.1, -0.05) is 18.2 Å². The monoisotopic (exact) mass is 368 g/mol. The summed E-state index contributed by atoms with van der Waals surface area (Å²) in [6.45, 7) is 5.01. The van der Waals surface area contributed by atoms with E-state index in [0.717, 1.165) is 21.8 Å². The quantitative estimate of drug-likeness (QED) is 0.745. The normalized spacial score (nSPS) is 16.8. The number of anilines is 2. The lowest BCUT2D eigenvalue weighted by Gasteiger charge is -2.26. The van der Waals surface area contributed by atoms with Crippen molar-refractivity contribution in [3.63, 3.8) is 0 Å². The zero-order valence-electron chi connectivity index (χ0n) is 15.4. The van der Waals surface area contributed by atoms with E-state index in [1.54, 1.807) is 21.6 Å². The van der Waals surface area contributed by atoms with E-state index in [2.05, 4.69) is 0 Å². The summed E-state index contributed by atoms with van der Waals surface area (Å²) in [4.78, 5) is 30.3. The molecule has 1 fully saturated rings. The molecule has 1 atom stereocenters. The Morgan fingerprint density at radius 3 is 2.50 bits per heavy atom. The number of aryl methyl sites for hydroxylation is 1. The van der Waals surface area contributed by atoms with Crippen molar-refractivity contribution < 1.29 is 9.59 Å². The number of hydrogen-bond donors (Lipinski definition) is 0. The minimum absolute atomic E-state index is 0.0149. The van der Waals surface area contributed by atoms with Crippen LogP contribution in [0.5, 0.6) is 0 Å². The van der Waals surface area contributed by atoms with E-state index in [1.807, 2.05) is 68.6 Å². The number of nitrogens with zero attached hydrogens (tertiary/aromatic N) is 2. The van der Waals surface area contributed by atoms with Crippen LogP contribution in [0, 0.1) is 12.8 Å². The Labute approximate surface area is 159 Å². The largest absolute Gasteiger partial charge is 0.312 e. The number of benzene rings is 2. The first-order chi connectivity index (χ1) is 12.5. The average Bonchev–Trinajstić information content (AvgIpc) is 3.05. The van der Waals surface area contributed by atoms with Crippen LogP contribution in [-0.4, -0.2) is 31.2 Å². The second kappa shape index (κ2) is 7.96. The number of hydrogen-bond acceptors (Lipinski definition) is 3. The van der Waals surface area contributed by atoms with Crippen molar-refractivity contribution in [2.45, 2.75) is 25.2 Å². The highest BCUT2D eigenvalue weighted by Gasteiger charge is 2.37. The van der Waals surface area contributed by atoms with Gasteiger partial charge in [0.1, 0.15) is 0 Å². The maximum absolute atomic E-state index is 13.1. The molecule has 26 heavy (non-hydrogen) atoms.